The molecule has 0 amide bonds. The summed E-state index contributed by atoms with van der Waals surface area (Å²) >= 11 is 0. The Morgan fingerprint density at radius 2 is 2.00 bits per heavy atom. The Labute approximate surface area is 133 Å². The summed E-state index contributed by atoms with van der Waals surface area (Å²) in [6, 6.07) is 16.8. The maximum Gasteiger partial charge on any atom is 0.238 e. The van der Waals surface area contributed by atoms with Crippen molar-refractivity contribution in [2.75, 3.05) is 6.61 Å². The summed E-state index contributed by atoms with van der Waals surface area (Å²) in [5.74, 6) is 3.31. The van der Waals surface area contributed by atoms with Crippen molar-refractivity contribution < 1.29 is 9.15 Å². The Morgan fingerprint density at radius 1 is 1.22 bits per heavy atom. The molecular formula is C19H12N2O2. The topological polar surface area (TPSA) is 59.0 Å². The number of nitriles is 1. The third-order valence-electron chi connectivity index (χ3n) is 3.17. The lowest BCUT2D eigenvalue weighted by Gasteiger charge is -2.06. The fourth-order valence-corrected chi connectivity index (χ4v) is 2.14. The number of hydrogen-bond donors (Lipinski definition) is 0. The predicted molar refractivity (Wildman–Crippen MR) is 88.3 cm³/mol. The molecule has 3 rings (SSSR count). The number of hydrogen-bond acceptors (Lipinski definition) is 4. The molecule has 4 heteroatoms. The zero-order valence-corrected chi connectivity index (χ0v) is 12.2. The number of allylic oxidation sites excluding steroid dienone is 1. The van der Waals surface area contributed by atoms with Crippen LogP contribution in [0.1, 0.15) is 11.5 Å². The number of benzene rings is 2. The third kappa shape index (κ3) is 3.07. The zero-order valence-electron chi connectivity index (χ0n) is 12.2. The Bertz CT molecular complexity index is 922. The van der Waals surface area contributed by atoms with Crippen molar-refractivity contribution in [1.82, 2.24) is 4.98 Å². The highest BCUT2D eigenvalue weighted by atomic mass is 16.5. The molecule has 0 aliphatic carbocycles. The van der Waals surface area contributed by atoms with E-state index in [2.05, 4.69) is 17.0 Å². The van der Waals surface area contributed by atoms with Gasteiger partial charge in [0.1, 0.15) is 29.5 Å². The number of fused-ring (bicyclic) bond motifs is 1. The molecule has 0 N–H and O–H groups in total. The van der Waals surface area contributed by atoms with Gasteiger partial charge in [0.2, 0.25) is 5.89 Å². The smallest absolute Gasteiger partial charge is 0.238 e. The van der Waals surface area contributed by atoms with Crippen LogP contribution in [0.3, 0.4) is 0 Å². The largest absolute Gasteiger partial charge is 0.480 e. The van der Waals surface area contributed by atoms with Gasteiger partial charge in [0.15, 0.2) is 5.58 Å². The number of aromatic nitrogens is 1. The summed E-state index contributed by atoms with van der Waals surface area (Å²) in [7, 11) is 0. The molecule has 4 nitrogen and oxygen atoms in total. The van der Waals surface area contributed by atoms with Crippen LogP contribution in [0.4, 0.5) is 0 Å². The molecule has 0 spiro atoms. The van der Waals surface area contributed by atoms with Gasteiger partial charge < -0.3 is 9.15 Å². The quantitative estimate of drug-likeness (QED) is 0.541. The van der Waals surface area contributed by atoms with Crippen LogP contribution in [0.5, 0.6) is 5.75 Å². The number of oxazole rings is 1. The first-order valence-corrected chi connectivity index (χ1v) is 6.95. The van der Waals surface area contributed by atoms with Gasteiger partial charge in [0.05, 0.1) is 0 Å². The standard InChI is InChI=1S/C19H12N2O2/c1-2-11-22-17-9-5-3-7-14(17)12-15(13-20)19-21-16-8-4-6-10-18(16)23-19/h1,3-10,12H,11H2/b15-12+. The van der Waals surface area contributed by atoms with Crippen LogP contribution in [0.15, 0.2) is 52.9 Å². The van der Waals surface area contributed by atoms with E-state index in [1.165, 1.54) is 0 Å². The minimum absolute atomic E-state index is 0.162. The number of para-hydroxylation sites is 3. The van der Waals surface area contributed by atoms with Crippen LogP contribution in [0.25, 0.3) is 22.7 Å². The Hall–Kier alpha value is -3.50. The number of ether oxygens (including phenoxy) is 1. The summed E-state index contributed by atoms with van der Waals surface area (Å²) in [6.07, 6.45) is 6.90. The van der Waals surface area contributed by atoms with E-state index in [0.29, 0.717) is 22.4 Å². The molecule has 1 aromatic heterocycles. The third-order valence-corrected chi connectivity index (χ3v) is 3.17. The summed E-state index contributed by atoms with van der Waals surface area (Å²) in [4.78, 5) is 4.34. The van der Waals surface area contributed by atoms with Crippen molar-refractivity contribution in [2.24, 2.45) is 0 Å². The summed E-state index contributed by atoms with van der Waals surface area (Å²) in [5.41, 5.74) is 2.40. The minimum Gasteiger partial charge on any atom is -0.480 e. The highest BCUT2D eigenvalue weighted by molar-refractivity contribution is 5.89. The van der Waals surface area contributed by atoms with Gasteiger partial charge >= 0.3 is 0 Å². The van der Waals surface area contributed by atoms with Crippen LogP contribution in [-0.2, 0) is 0 Å². The van der Waals surface area contributed by atoms with Gasteiger partial charge in [-0.15, -0.1) is 6.42 Å². The van der Waals surface area contributed by atoms with Crippen LogP contribution >= 0.6 is 0 Å². The number of nitrogens with zero attached hydrogens (tertiary/aromatic N) is 2. The van der Waals surface area contributed by atoms with Gasteiger partial charge in [-0.1, -0.05) is 36.3 Å². The first kappa shape index (κ1) is 14.4. The van der Waals surface area contributed by atoms with Gasteiger partial charge in [0.25, 0.3) is 0 Å². The van der Waals surface area contributed by atoms with Crippen LogP contribution in [0.2, 0.25) is 0 Å². The van der Waals surface area contributed by atoms with Gasteiger partial charge in [-0.3, -0.25) is 0 Å². The lowest BCUT2D eigenvalue weighted by molar-refractivity contribution is 0.369. The van der Waals surface area contributed by atoms with E-state index >= 15 is 0 Å². The van der Waals surface area contributed by atoms with Crippen LogP contribution in [0, 0.1) is 23.7 Å². The molecule has 0 saturated carbocycles. The summed E-state index contributed by atoms with van der Waals surface area (Å²) in [5, 5.41) is 9.44. The Kier molecular flexibility index (Phi) is 4.09. The molecule has 0 fully saturated rings. The second-order valence-corrected chi connectivity index (χ2v) is 4.69. The molecule has 0 unspecified atom stereocenters. The SMILES string of the molecule is C#CCOc1ccccc1/C=C(\C#N)c1nc2ccccc2o1. The maximum atomic E-state index is 9.44. The first-order chi connectivity index (χ1) is 11.3. The molecule has 0 radical (unpaired) electrons. The van der Waals surface area contributed by atoms with E-state index in [1.807, 2.05) is 42.5 Å². The highest BCUT2D eigenvalue weighted by Gasteiger charge is 2.11. The lowest BCUT2D eigenvalue weighted by Crippen LogP contribution is -1.95. The average molecular weight is 300 g/mol. The van der Waals surface area contributed by atoms with Crippen molar-refractivity contribution in [3.63, 3.8) is 0 Å². The Morgan fingerprint density at radius 3 is 2.78 bits per heavy atom. The lowest BCUT2D eigenvalue weighted by atomic mass is 10.1. The minimum atomic E-state index is 0.162. The van der Waals surface area contributed by atoms with Gasteiger partial charge in [-0.25, -0.2) is 4.98 Å². The molecule has 23 heavy (non-hydrogen) atoms. The van der Waals surface area contributed by atoms with E-state index < -0.39 is 0 Å². The first-order valence-electron chi connectivity index (χ1n) is 6.95. The van der Waals surface area contributed by atoms with E-state index in [9.17, 15) is 5.26 Å². The zero-order chi connectivity index (χ0) is 16.1. The molecule has 3 aromatic rings. The van der Waals surface area contributed by atoms with E-state index in [0.717, 1.165) is 5.56 Å². The van der Waals surface area contributed by atoms with Gasteiger partial charge in [0, 0.05) is 5.56 Å². The predicted octanol–water partition coefficient (Wildman–Crippen LogP) is 3.90. The van der Waals surface area contributed by atoms with Crippen molar-refractivity contribution in [3.8, 4) is 24.2 Å². The number of terminal acetylenes is 1. The normalized spacial score (nSPS) is 11.0. The van der Waals surface area contributed by atoms with E-state index in [4.69, 9.17) is 15.6 Å². The van der Waals surface area contributed by atoms with Gasteiger partial charge in [-0.05, 0) is 24.3 Å². The molecule has 0 aliphatic heterocycles. The fraction of sp³-hybridized carbons (Fsp3) is 0.0526. The molecular weight excluding hydrogens is 288 g/mol. The average Bonchev–Trinajstić information content (AvgIpc) is 3.02. The summed E-state index contributed by atoms with van der Waals surface area (Å²) < 4.78 is 11.1. The van der Waals surface area contributed by atoms with Crippen molar-refractivity contribution >= 4 is 22.7 Å². The molecule has 0 aliphatic rings. The Balaban J connectivity index is 2.03. The number of rotatable bonds is 4. The van der Waals surface area contributed by atoms with Crippen molar-refractivity contribution in [2.45, 2.75) is 0 Å². The van der Waals surface area contributed by atoms with E-state index in [-0.39, 0.29) is 12.5 Å². The van der Waals surface area contributed by atoms with E-state index in [1.54, 1.807) is 12.1 Å². The van der Waals surface area contributed by atoms with Crippen molar-refractivity contribution in [3.05, 3.63) is 60.0 Å². The highest BCUT2D eigenvalue weighted by Crippen LogP contribution is 2.26. The second-order valence-electron chi connectivity index (χ2n) is 4.69. The molecule has 0 saturated heterocycles. The summed E-state index contributed by atoms with van der Waals surface area (Å²) in [6.45, 7) is 0.162. The van der Waals surface area contributed by atoms with Crippen LogP contribution < -0.4 is 4.74 Å². The molecule has 1 heterocycles. The maximum absolute atomic E-state index is 9.44. The second kappa shape index (κ2) is 6.51. The fourth-order valence-electron chi connectivity index (χ4n) is 2.14. The molecule has 2 aromatic carbocycles. The monoisotopic (exact) mass is 300 g/mol. The molecule has 0 atom stereocenters. The van der Waals surface area contributed by atoms with Crippen LogP contribution in [-0.4, -0.2) is 11.6 Å². The van der Waals surface area contributed by atoms with Crippen molar-refractivity contribution in [1.29, 1.82) is 5.26 Å². The molecule has 110 valence electrons. The molecule has 0 bridgehead atoms. The van der Waals surface area contributed by atoms with Gasteiger partial charge in [-0.2, -0.15) is 5.26 Å².